The van der Waals surface area contributed by atoms with Crippen molar-refractivity contribution in [3.63, 3.8) is 0 Å². The summed E-state index contributed by atoms with van der Waals surface area (Å²) >= 11 is 0. The molecule has 1 atom stereocenters. The molecule has 0 saturated heterocycles. The van der Waals surface area contributed by atoms with Gasteiger partial charge in [-0.3, -0.25) is 4.79 Å². The van der Waals surface area contributed by atoms with E-state index in [1.807, 2.05) is 24.3 Å². The van der Waals surface area contributed by atoms with Crippen molar-refractivity contribution in [1.82, 2.24) is 9.88 Å². The Balaban J connectivity index is 1.97. The summed E-state index contributed by atoms with van der Waals surface area (Å²) in [7, 11) is 1.62. The van der Waals surface area contributed by atoms with E-state index in [2.05, 4.69) is 16.8 Å². The first-order chi connectivity index (χ1) is 10.2. The van der Waals surface area contributed by atoms with Gasteiger partial charge in [-0.15, -0.1) is 0 Å². The number of aromatic nitrogens is 1. The molecule has 1 unspecified atom stereocenters. The molecule has 5 nitrogen and oxygen atoms in total. The van der Waals surface area contributed by atoms with Crippen molar-refractivity contribution in [2.75, 3.05) is 20.3 Å². The molecular formula is C16H20N2O3. The second kappa shape index (κ2) is 5.77. The number of hydrogen-bond acceptors (Lipinski definition) is 3. The van der Waals surface area contributed by atoms with Crippen LogP contribution in [-0.4, -0.2) is 36.8 Å². The van der Waals surface area contributed by atoms with Crippen LogP contribution in [0.4, 0.5) is 0 Å². The topological polar surface area (TPSA) is 52.5 Å². The van der Waals surface area contributed by atoms with E-state index in [-0.39, 0.29) is 12.0 Å². The zero-order chi connectivity index (χ0) is 14.8. The molecule has 0 aliphatic carbocycles. The molecule has 2 heterocycles. The summed E-state index contributed by atoms with van der Waals surface area (Å²) in [5.74, 6) is 0.799. The van der Waals surface area contributed by atoms with E-state index in [9.17, 15) is 4.79 Å². The number of para-hydroxylation sites is 1. The van der Waals surface area contributed by atoms with Gasteiger partial charge in [0, 0.05) is 19.0 Å². The number of amides is 1. The van der Waals surface area contributed by atoms with Crippen molar-refractivity contribution in [2.45, 2.75) is 26.0 Å². The molecule has 1 N–H and O–H groups in total. The molecule has 5 heteroatoms. The second-order valence-electron chi connectivity index (χ2n) is 5.23. The maximum atomic E-state index is 12.4. The SMILES string of the molecule is CCC1Cn2c(C(=O)NCCOC)cc3cccc(c32)O1. The van der Waals surface area contributed by atoms with Crippen LogP contribution in [0.25, 0.3) is 10.9 Å². The van der Waals surface area contributed by atoms with E-state index < -0.39 is 0 Å². The molecular weight excluding hydrogens is 268 g/mol. The van der Waals surface area contributed by atoms with E-state index in [1.54, 1.807) is 7.11 Å². The first-order valence-electron chi connectivity index (χ1n) is 7.30. The van der Waals surface area contributed by atoms with Crippen LogP contribution in [0.2, 0.25) is 0 Å². The minimum absolute atomic E-state index is 0.0639. The molecule has 21 heavy (non-hydrogen) atoms. The van der Waals surface area contributed by atoms with Gasteiger partial charge in [-0.1, -0.05) is 19.1 Å². The second-order valence-corrected chi connectivity index (χ2v) is 5.23. The standard InChI is InChI=1S/C16H20N2O3/c1-3-12-10-18-13(16(19)17-7-8-20-2)9-11-5-4-6-14(21-12)15(11)18/h4-6,9,12H,3,7-8,10H2,1-2H3,(H,17,19). The normalized spacial score (nSPS) is 16.8. The lowest BCUT2D eigenvalue weighted by atomic mass is 10.2. The molecule has 3 rings (SSSR count). The number of carbonyl (C=O) groups is 1. The summed E-state index contributed by atoms with van der Waals surface area (Å²) in [4.78, 5) is 12.4. The Labute approximate surface area is 123 Å². The number of rotatable bonds is 5. The third-order valence-electron chi connectivity index (χ3n) is 3.84. The smallest absolute Gasteiger partial charge is 0.268 e. The summed E-state index contributed by atoms with van der Waals surface area (Å²) in [5.41, 5.74) is 1.70. The number of hydrogen-bond donors (Lipinski definition) is 1. The fraction of sp³-hybridized carbons (Fsp3) is 0.438. The summed E-state index contributed by atoms with van der Waals surface area (Å²) in [6.07, 6.45) is 1.03. The number of nitrogens with one attached hydrogen (secondary N) is 1. The zero-order valence-corrected chi connectivity index (χ0v) is 12.4. The van der Waals surface area contributed by atoms with Gasteiger partial charge in [0.05, 0.1) is 18.7 Å². The Morgan fingerprint density at radius 1 is 1.52 bits per heavy atom. The Hall–Kier alpha value is -2.01. The van der Waals surface area contributed by atoms with Crippen LogP contribution < -0.4 is 10.1 Å². The van der Waals surface area contributed by atoms with E-state index in [0.717, 1.165) is 23.1 Å². The van der Waals surface area contributed by atoms with Crippen molar-refractivity contribution in [3.05, 3.63) is 30.0 Å². The quantitative estimate of drug-likeness (QED) is 0.858. The third-order valence-corrected chi connectivity index (χ3v) is 3.84. The molecule has 1 amide bonds. The maximum Gasteiger partial charge on any atom is 0.268 e. The highest BCUT2D eigenvalue weighted by Crippen LogP contribution is 2.34. The van der Waals surface area contributed by atoms with Gasteiger partial charge in [-0.2, -0.15) is 0 Å². The molecule has 1 aliphatic heterocycles. The molecule has 0 saturated carbocycles. The fourth-order valence-electron chi connectivity index (χ4n) is 2.75. The summed E-state index contributed by atoms with van der Waals surface area (Å²) in [5, 5.41) is 3.93. The van der Waals surface area contributed by atoms with Gasteiger partial charge in [0.2, 0.25) is 0 Å². The lowest BCUT2D eigenvalue weighted by Crippen LogP contribution is -2.32. The molecule has 1 aromatic heterocycles. The van der Waals surface area contributed by atoms with Gasteiger partial charge in [0.25, 0.3) is 5.91 Å². The van der Waals surface area contributed by atoms with Gasteiger partial charge >= 0.3 is 0 Å². The third kappa shape index (κ3) is 2.49. The Morgan fingerprint density at radius 3 is 3.14 bits per heavy atom. The number of nitrogens with zero attached hydrogens (tertiary/aromatic N) is 1. The average molecular weight is 288 g/mol. The number of ether oxygens (including phenoxy) is 2. The van der Waals surface area contributed by atoms with Crippen molar-refractivity contribution >= 4 is 16.8 Å². The van der Waals surface area contributed by atoms with Crippen LogP contribution in [0, 0.1) is 0 Å². The monoisotopic (exact) mass is 288 g/mol. The van der Waals surface area contributed by atoms with E-state index in [4.69, 9.17) is 9.47 Å². The van der Waals surface area contributed by atoms with Crippen molar-refractivity contribution in [2.24, 2.45) is 0 Å². The number of benzene rings is 1. The number of methoxy groups -OCH3 is 1. The van der Waals surface area contributed by atoms with Crippen molar-refractivity contribution < 1.29 is 14.3 Å². The summed E-state index contributed by atoms with van der Waals surface area (Å²) in [6.45, 7) is 3.83. The number of carbonyl (C=O) groups excluding carboxylic acids is 1. The Morgan fingerprint density at radius 2 is 2.38 bits per heavy atom. The molecule has 0 spiro atoms. The predicted molar refractivity (Wildman–Crippen MR) is 80.9 cm³/mol. The van der Waals surface area contributed by atoms with Gasteiger partial charge in [0.1, 0.15) is 17.5 Å². The summed E-state index contributed by atoms with van der Waals surface area (Å²) < 4.78 is 13.0. The molecule has 0 fully saturated rings. The molecule has 0 bridgehead atoms. The van der Waals surface area contributed by atoms with E-state index in [0.29, 0.717) is 25.4 Å². The van der Waals surface area contributed by atoms with Crippen LogP contribution in [0.5, 0.6) is 5.75 Å². The minimum atomic E-state index is -0.0639. The predicted octanol–water partition coefficient (Wildman–Crippen LogP) is 2.19. The van der Waals surface area contributed by atoms with Crippen molar-refractivity contribution in [3.8, 4) is 5.75 Å². The summed E-state index contributed by atoms with van der Waals surface area (Å²) in [6, 6.07) is 7.87. The first-order valence-corrected chi connectivity index (χ1v) is 7.30. The van der Waals surface area contributed by atoms with Crippen LogP contribution in [0.15, 0.2) is 24.3 Å². The van der Waals surface area contributed by atoms with Gasteiger partial charge in [-0.25, -0.2) is 0 Å². The fourth-order valence-corrected chi connectivity index (χ4v) is 2.75. The van der Waals surface area contributed by atoms with Crippen molar-refractivity contribution in [1.29, 1.82) is 0 Å². The zero-order valence-electron chi connectivity index (χ0n) is 12.4. The Bertz CT molecular complexity index is 663. The maximum absolute atomic E-state index is 12.4. The molecule has 0 radical (unpaired) electrons. The Kier molecular flexibility index (Phi) is 3.84. The first kappa shape index (κ1) is 13.9. The van der Waals surface area contributed by atoms with Crippen LogP contribution in [0.1, 0.15) is 23.8 Å². The largest absolute Gasteiger partial charge is 0.486 e. The highest BCUT2D eigenvalue weighted by molar-refractivity contribution is 6.00. The minimum Gasteiger partial charge on any atom is -0.486 e. The van der Waals surface area contributed by atoms with Gasteiger partial charge in [-0.05, 0) is 18.6 Å². The molecule has 112 valence electrons. The van der Waals surface area contributed by atoms with E-state index in [1.165, 1.54) is 0 Å². The molecule has 2 aromatic rings. The van der Waals surface area contributed by atoms with Crippen LogP contribution in [0.3, 0.4) is 0 Å². The average Bonchev–Trinajstić information content (AvgIpc) is 2.88. The molecule has 1 aliphatic rings. The highest BCUT2D eigenvalue weighted by Gasteiger charge is 2.25. The van der Waals surface area contributed by atoms with Crippen LogP contribution in [-0.2, 0) is 11.3 Å². The van der Waals surface area contributed by atoms with Gasteiger partial charge < -0.3 is 19.4 Å². The lowest BCUT2D eigenvalue weighted by Gasteiger charge is -2.26. The molecule has 1 aromatic carbocycles. The van der Waals surface area contributed by atoms with Crippen LogP contribution >= 0.6 is 0 Å². The lowest BCUT2D eigenvalue weighted by molar-refractivity contribution is 0.0921. The highest BCUT2D eigenvalue weighted by atomic mass is 16.5. The van der Waals surface area contributed by atoms with E-state index >= 15 is 0 Å². The van der Waals surface area contributed by atoms with Gasteiger partial charge in [0.15, 0.2) is 0 Å².